The van der Waals surface area contributed by atoms with Crippen LogP contribution < -0.4 is 10.6 Å². The van der Waals surface area contributed by atoms with Crippen LogP contribution in [0.25, 0.3) is 0 Å². The Labute approximate surface area is 228 Å². The van der Waals surface area contributed by atoms with E-state index in [2.05, 4.69) is 10.6 Å². The lowest BCUT2D eigenvalue weighted by molar-refractivity contribution is -0.142. The Morgan fingerprint density at radius 1 is 0.744 bits per heavy atom. The number of carboxylic acids is 1. The van der Waals surface area contributed by atoms with Crippen molar-refractivity contribution in [2.45, 2.75) is 51.3 Å². The molecule has 0 heterocycles. The summed E-state index contributed by atoms with van der Waals surface area (Å²) < 4.78 is 0. The van der Waals surface area contributed by atoms with Gasteiger partial charge in [-0.05, 0) is 35.6 Å². The van der Waals surface area contributed by atoms with Gasteiger partial charge in [0.1, 0.15) is 12.1 Å². The molecule has 3 unspecified atom stereocenters. The number of carbonyl (C=O) groups is 4. The summed E-state index contributed by atoms with van der Waals surface area (Å²) in [5.41, 5.74) is 2.04. The summed E-state index contributed by atoms with van der Waals surface area (Å²) in [5.74, 6) is -2.40. The number of nitrogens with one attached hydrogen (secondary N) is 2. The molecule has 8 nitrogen and oxygen atoms in total. The number of ketones is 1. The molecule has 0 spiro atoms. The van der Waals surface area contributed by atoms with Crippen LogP contribution in [0.4, 0.5) is 0 Å². The second-order valence-electron chi connectivity index (χ2n) is 9.88. The average Bonchev–Trinajstić information content (AvgIpc) is 2.93. The highest BCUT2D eigenvalue weighted by atomic mass is 16.4. The maximum atomic E-state index is 13.1. The number of Topliss-reactive ketones (excluding diaryl/α,β-unsaturated/α-hetero) is 1. The Morgan fingerprint density at radius 3 is 1.90 bits per heavy atom. The Bertz CT molecular complexity index is 1260. The summed E-state index contributed by atoms with van der Waals surface area (Å²) in [7, 11) is 0. The van der Waals surface area contributed by atoms with Gasteiger partial charge in [-0.1, -0.05) is 86.6 Å². The van der Waals surface area contributed by atoms with E-state index < -0.39 is 36.0 Å². The van der Waals surface area contributed by atoms with Crippen molar-refractivity contribution in [3.05, 3.63) is 107 Å². The average molecular weight is 531 g/mol. The number of aliphatic carboxylic acids is 1. The standard InChI is InChI=1S/C31H34N2O6/c1-20(2)17-26(31(38)39)33-30(37)25(18-21-9-5-3-6-10-21)32-29(36)24-15-13-23(14-16-24)28(35)19-27(34)22-11-7-4-8-12-22/h3-16,20,25-26,28,35H,17-19H2,1-2H3,(H,32,36)(H,33,37)(H,38,39). The van der Waals surface area contributed by atoms with Gasteiger partial charge in [-0.15, -0.1) is 0 Å². The van der Waals surface area contributed by atoms with Crippen LogP contribution in [0.5, 0.6) is 0 Å². The summed E-state index contributed by atoms with van der Waals surface area (Å²) in [6, 6.07) is 21.9. The van der Waals surface area contributed by atoms with Crippen LogP contribution in [0.1, 0.15) is 64.6 Å². The van der Waals surface area contributed by atoms with Gasteiger partial charge in [-0.25, -0.2) is 4.79 Å². The summed E-state index contributed by atoms with van der Waals surface area (Å²) in [6.45, 7) is 3.73. The zero-order valence-corrected chi connectivity index (χ0v) is 22.0. The Kier molecular flexibility index (Phi) is 10.5. The maximum Gasteiger partial charge on any atom is 0.326 e. The number of hydrogen-bond acceptors (Lipinski definition) is 5. The van der Waals surface area contributed by atoms with Crippen molar-refractivity contribution in [2.75, 3.05) is 0 Å². The first-order chi connectivity index (χ1) is 18.6. The molecule has 2 amide bonds. The van der Waals surface area contributed by atoms with Crippen molar-refractivity contribution >= 4 is 23.6 Å². The fraction of sp³-hybridized carbons (Fsp3) is 0.290. The van der Waals surface area contributed by atoms with E-state index in [1.165, 1.54) is 12.1 Å². The van der Waals surface area contributed by atoms with E-state index in [0.29, 0.717) is 11.1 Å². The van der Waals surface area contributed by atoms with Gasteiger partial charge in [-0.2, -0.15) is 0 Å². The topological polar surface area (TPSA) is 133 Å². The van der Waals surface area contributed by atoms with Gasteiger partial charge in [-0.3, -0.25) is 14.4 Å². The van der Waals surface area contributed by atoms with Crippen molar-refractivity contribution in [1.29, 1.82) is 0 Å². The smallest absolute Gasteiger partial charge is 0.326 e. The maximum absolute atomic E-state index is 13.1. The number of amides is 2. The van der Waals surface area contributed by atoms with E-state index in [4.69, 9.17) is 0 Å². The Balaban J connectivity index is 1.70. The van der Waals surface area contributed by atoms with Gasteiger partial charge >= 0.3 is 5.97 Å². The molecule has 0 fully saturated rings. The first-order valence-corrected chi connectivity index (χ1v) is 12.9. The third-order valence-corrected chi connectivity index (χ3v) is 6.26. The van der Waals surface area contributed by atoms with Crippen LogP contribution in [0.2, 0.25) is 0 Å². The Hall–Kier alpha value is -4.30. The summed E-state index contributed by atoms with van der Waals surface area (Å²) in [4.78, 5) is 50.3. The quantitative estimate of drug-likeness (QED) is 0.247. The van der Waals surface area contributed by atoms with Crippen molar-refractivity contribution in [2.24, 2.45) is 5.92 Å². The van der Waals surface area contributed by atoms with Gasteiger partial charge < -0.3 is 20.8 Å². The number of aliphatic hydroxyl groups is 1. The molecule has 204 valence electrons. The zero-order valence-electron chi connectivity index (χ0n) is 22.0. The largest absolute Gasteiger partial charge is 0.480 e. The van der Waals surface area contributed by atoms with Crippen molar-refractivity contribution < 1.29 is 29.4 Å². The first-order valence-electron chi connectivity index (χ1n) is 12.9. The second kappa shape index (κ2) is 14.0. The second-order valence-corrected chi connectivity index (χ2v) is 9.88. The number of hydrogen-bond donors (Lipinski definition) is 4. The molecule has 0 aliphatic heterocycles. The van der Waals surface area contributed by atoms with Crippen LogP contribution in [0.3, 0.4) is 0 Å². The number of rotatable bonds is 13. The first kappa shape index (κ1) is 29.3. The molecule has 0 saturated heterocycles. The molecular formula is C31H34N2O6. The van der Waals surface area contributed by atoms with Gasteiger partial charge in [0, 0.05) is 24.0 Å². The van der Waals surface area contributed by atoms with Crippen molar-refractivity contribution in [3.8, 4) is 0 Å². The minimum Gasteiger partial charge on any atom is -0.480 e. The van der Waals surface area contributed by atoms with E-state index in [0.717, 1.165) is 5.56 Å². The normalized spacial score (nSPS) is 13.2. The lowest BCUT2D eigenvalue weighted by Gasteiger charge is -2.22. The summed E-state index contributed by atoms with van der Waals surface area (Å²) in [6.07, 6.45) is -0.717. The van der Waals surface area contributed by atoms with E-state index in [1.807, 2.05) is 44.2 Å². The molecule has 4 N–H and O–H groups in total. The van der Waals surface area contributed by atoms with Crippen LogP contribution in [0.15, 0.2) is 84.9 Å². The monoisotopic (exact) mass is 530 g/mol. The highest BCUT2D eigenvalue weighted by molar-refractivity contribution is 5.98. The zero-order chi connectivity index (χ0) is 28.4. The van der Waals surface area contributed by atoms with E-state index in [1.54, 1.807) is 42.5 Å². The molecule has 0 bridgehead atoms. The van der Waals surface area contributed by atoms with E-state index in [9.17, 15) is 29.4 Å². The lowest BCUT2D eigenvalue weighted by Crippen LogP contribution is -2.52. The van der Waals surface area contributed by atoms with Crippen molar-refractivity contribution in [3.63, 3.8) is 0 Å². The highest BCUT2D eigenvalue weighted by Crippen LogP contribution is 2.20. The molecule has 3 atom stereocenters. The number of carboxylic acid groups (broad SMARTS) is 1. The number of aliphatic hydroxyl groups excluding tert-OH is 1. The molecule has 0 radical (unpaired) electrons. The van der Waals surface area contributed by atoms with Gasteiger partial charge in [0.15, 0.2) is 5.78 Å². The predicted molar refractivity (Wildman–Crippen MR) is 147 cm³/mol. The molecule has 0 aromatic heterocycles. The van der Waals surface area contributed by atoms with Crippen LogP contribution >= 0.6 is 0 Å². The minimum absolute atomic E-state index is 0.0467. The Morgan fingerprint density at radius 2 is 1.33 bits per heavy atom. The number of carbonyl (C=O) groups excluding carboxylic acids is 3. The third-order valence-electron chi connectivity index (χ3n) is 6.26. The van der Waals surface area contributed by atoms with Gasteiger partial charge in [0.2, 0.25) is 5.91 Å². The predicted octanol–water partition coefficient (Wildman–Crippen LogP) is 3.95. The van der Waals surface area contributed by atoms with E-state index in [-0.39, 0.29) is 36.5 Å². The molecule has 3 rings (SSSR count). The number of benzene rings is 3. The fourth-order valence-corrected chi connectivity index (χ4v) is 4.16. The van der Waals surface area contributed by atoms with Gasteiger partial charge in [0.25, 0.3) is 5.91 Å². The molecule has 39 heavy (non-hydrogen) atoms. The van der Waals surface area contributed by atoms with Crippen LogP contribution in [-0.4, -0.2) is 45.9 Å². The van der Waals surface area contributed by atoms with Gasteiger partial charge in [0.05, 0.1) is 6.10 Å². The third kappa shape index (κ3) is 8.90. The van der Waals surface area contributed by atoms with E-state index >= 15 is 0 Å². The molecule has 8 heteroatoms. The highest BCUT2D eigenvalue weighted by Gasteiger charge is 2.28. The molecule has 0 aliphatic rings. The lowest BCUT2D eigenvalue weighted by atomic mass is 9.99. The summed E-state index contributed by atoms with van der Waals surface area (Å²) >= 11 is 0. The van der Waals surface area contributed by atoms with Crippen LogP contribution in [-0.2, 0) is 16.0 Å². The van der Waals surface area contributed by atoms with Crippen molar-refractivity contribution in [1.82, 2.24) is 10.6 Å². The molecule has 0 saturated carbocycles. The summed E-state index contributed by atoms with van der Waals surface area (Å²) in [5, 5.41) is 25.4. The molecule has 0 aliphatic carbocycles. The molecular weight excluding hydrogens is 496 g/mol. The van der Waals surface area contributed by atoms with Crippen LogP contribution in [0, 0.1) is 5.92 Å². The molecule has 3 aromatic carbocycles. The molecule has 3 aromatic rings. The SMILES string of the molecule is CC(C)CC(NC(=O)C(Cc1ccccc1)NC(=O)c1ccc(C(O)CC(=O)c2ccccc2)cc1)C(=O)O. The fourth-order valence-electron chi connectivity index (χ4n) is 4.16. The minimum atomic E-state index is -1.14.